The molecule has 1 unspecified atom stereocenters. The number of ketones is 3. The van der Waals surface area contributed by atoms with Crippen molar-refractivity contribution in [1.29, 1.82) is 0 Å². The van der Waals surface area contributed by atoms with E-state index in [-0.39, 0.29) is 35.8 Å². The summed E-state index contributed by atoms with van der Waals surface area (Å²) in [5.41, 5.74) is 17.0. The van der Waals surface area contributed by atoms with Gasteiger partial charge >= 0.3 is 24.1 Å². The number of nitrogens with zero attached hydrogens (tertiary/aromatic N) is 4. The van der Waals surface area contributed by atoms with Crippen LogP contribution in [-0.2, 0) is 49.2 Å². The number of aromatic amines is 2. The molecule has 5 heterocycles. The zero-order chi connectivity index (χ0) is 52.7. The van der Waals surface area contributed by atoms with E-state index in [1.807, 2.05) is 90.0 Å². The van der Waals surface area contributed by atoms with Gasteiger partial charge in [0.15, 0.2) is 5.78 Å². The summed E-state index contributed by atoms with van der Waals surface area (Å²) in [6.45, 7) is 4.25. The molecule has 1 fully saturated rings. The molecule has 1 atom stereocenters. The number of imidazole rings is 2. The van der Waals surface area contributed by atoms with Gasteiger partial charge in [0.1, 0.15) is 35.0 Å². The van der Waals surface area contributed by atoms with Gasteiger partial charge in [-0.3, -0.25) is 28.3 Å². The Morgan fingerprint density at radius 3 is 1.91 bits per heavy atom. The van der Waals surface area contributed by atoms with E-state index in [4.69, 9.17) is 29.5 Å². The van der Waals surface area contributed by atoms with E-state index in [1.54, 1.807) is 43.5 Å². The molecule has 0 saturated heterocycles. The Hall–Kier alpha value is -9.15. The molecule has 4 aromatic carbocycles. The fourth-order valence-corrected chi connectivity index (χ4v) is 8.81. The van der Waals surface area contributed by atoms with Crippen molar-refractivity contribution in [2.75, 3.05) is 17.7 Å². The second kappa shape index (κ2) is 24.8. The summed E-state index contributed by atoms with van der Waals surface area (Å²) in [5.74, 6) is 1.26. The molecule has 380 valence electrons. The average molecular weight is 1000 g/mol. The molecular weight excluding hydrogens is 945 g/mol. The topological polar surface area (TPSA) is 252 Å². The summed E-state index contributed by atoms with van der Waals surface area (Å²) in [4.78, 5) is 87.1. The normalized spacial score (nSPS) is 14.4. The van der Waals surface area contributed by atoms with Gasteiger partial charge in [-0.25, -0.2) is 4.79 Å². The Kier molecular flexibility index (Phi) is 17.6. The highest BCUT2D eigenvalue weighted by atomic mass is 16.5. The lowest BCUT2D eigenvalue weighted by atomic mass is 9.76. The molecule has 74 heavy (non-hydrogen) atoms. The van der Waals surface area contributed by atoms with Gasteiger partial charge in [-0.05, 0) is 92.8 Å². The number of para-hydroxylation sites is 4. The van der Waals surface area contributed by atoms with Crippen LogP contribution in [0.15, 0.2) is 127 Å². The number of rotatable bonds is 9. The van der Waals surface area contributed by atoms with Crippen LogP contribution in [0.25, 0.3) is 22.1 Å². The Bertz CT molecular complexity index is 3370. The van der Waals surface area contributed by atoms with E-state index in [9.17, 15) is 24.0 Å². The number of nitrogens with one attached hydrogen (secondary N) is 3. The number of Topliss-reactive ketones (excluding diaryl/α,β-unsaturated/α-hetero) is 3. The lowest BCUT2D eigenvalue weighted by molar-refractivity contribution is -0.191. The molecule has 8 aromatic rings. The van der Waals surface area contributed by atoms with Crippen LogP contribution in [0.3, 0.4) is 0 Å². The molecule has 1 saturated carbocycles. The largest absolute Gasteiger partial charge is 0.461 e. The summed E-state index contributed by atoms with van der Waals surface area (Å²) in [6.07, 6.45) is 10.2. The molecule has 4 aromatic heterocycles. The Balaban J connectivity index is 0.000000163. The molecule has 0 bridgehead atoms. The van der Waals surface area contributed by atoms with Crippen molar-refractivity contribution in [2.24, 2.45) is 14.1 Å². The van der Waals surface area contributed by atoms with Gasteiger partial charge in [0, 0.05) is 79.8 Å². The average Bonchev–Trinajstić information content (AvgIpc) is 4.18. The lowest BCUT2D eigenvalue weighted by Gasteiger charge is -2.33. The van der Waals surface area contributed by atoms with Crippen LogP contribution < -0.4 is 20.5 Å². The number of carbonyl (C=O) groups is 5. The van der Waals surface area contributed by atoms with Crippen LogP contribution in [0.2, 0.25) is 0 Å². The number of hydrogen-bond donors (Lipinski definition) is 4. The lowest BCUT2D eigenvalue weighted by Crippen LogP contribution is -2.26. The number of carbonyl (C=O) groups excluding carboxylic acids is 7. The van der Waals surface area contributed by atoms with E-state index in [0.29, 0.717) is 66.3 Å². The molecule has 11 rings (SSSR count). The van der Waals surface area contributed by atoms with Crippen molar-refractivity contribution in [3.8, 4) is 23.5 Å². The van der Waals surface area contributed by atoms with E-state index >= 15 is 0 Å². The predicted molar refractivity (Wildman–Crippen MR) is 276 cm³/mol. The minimum absolute atomic E-state index is 0.107. The van der Waals surface area contributed by atoms with Crippen molar-refractivity contribution in [3.05, 3.63) is 155 Å². The first-order valence-corrected chi connectivity index (χ1v) is 24.1. The van der Waals surface area contributed by atoms with Crippen LogP contribution in [-0.4, -0.2) is 71.4 Å². The number of nitrogens with two attached hydrogens (primary N) is 1. The number of ether oxygens (including phenoxy) is 3. The number of aromatic nitrogens is 6. The minimum atomic E-state index is -0.407. The summed E-state index contributed by atoms with van der Waals surface area (Å²) in [5, 5.41) is 3.59. The van der Waals surface area contributed by atoms with Gasteiger partial charge < -0.3 is 35.2 Å². The molecule has 18 heteroatoms. The van der Waals surface area contributed by atoms with Crippen molar-refractivity contribution < 1.29 is 47.8 Å². The molecule has 0 spiro atoms. The van der Waals surface area contributed by atoms with E-state index in [0.717, 1.165) is 82.1 Å². The SMILES string of the molecule is CCOC(=O)c1[nH]ccc1N.CCc1[nH]cc2c1NC1=C(C(=O)CCC1)C2c1cccc(Oc2nc3ccccc3n2C)c1.Cn1c(Oc2cccc(C=O)c2)nc2ccccc21.O=C1CCCC(=O)C1.O=C=O. The highest BCUT2D eigenvalue weighted by molar-refractivity contribution is 6.02. The van der Waals surface area contributed by atoms with Gasteiger partial charge in [0.05, 0.1) is 46.5 Å². The van der Waals surface area contributed by atoms with Crippen LogP contribution in [0.1, 0.15) is 102 Å². The maximum atomic E-state index is 13.1. The smallest absolute Gasteiger partial charge is 0.373 e. The highest BCUT2D eigenvalue weighted by Gasteiger charge is 2.36. The quantitative estimate of drug-likeness (QED) is 0.0597. The second-order valence-corrected chi connectivity index (χ2v) is 17.2. The third-order valence-electron chi connectivity index (χ3n) is 12.3. The first-order chi connectivity index (χ1) is 35.9. The maximum absolute atomic E-state index is 13.1. The predicted octanol–water partition coefficient (Wildman–Crippen LogP) is 9.89. The number of allylic oxidation sites excluding steroid dienone is 2. The molecule has 18 nitrogen and oxygen atoms in total. The van der Waals surface area contributed by atoms with Crippen molar-refractivity contribution >= 4 is 69.2 Å². The van der Waals surface area contributed by atoms with Crippen LogP contribution in [0.4, 0.5) is 11.4 Å². The summed E-state index contributed by atoms with van der Waals surface area (Å²) in [6, 6.07) is 33.5. The summed E-state index contributed by atoms with van der Waals surface area (Å²) in [7, 11) is 3.85. The van der Waals surface area contributed by atoms with Gasteiger partial charge in [-0.15, -0.1) is 0 Å². The van der Waals surface area contributed by atoms with Crippen molar-refractivity contribution in [2.45, 2.75) is 71.1 Å². The molecule has 0 amide bonds. The number of aldehydes is 1. The van der Waals surface area contributed by atoms with E-state index in [1.165, 1.54) is 5.69 Å². The number of benzene rings is 4. The van der Waals surface area contributed by atoms with Crippen molar-refractivity contribution in [3.63, 3.8) is 0 Å². The zero-order valence-corrected chi connectivity index (χ0v) is 41.4. The minimum Gasteiger partial charge on any atom is -0.461 e. The third-order valence-corrected chi connectivity index (χ3v) is 12.3. The summed E-state index contributed by atoms with van der Waals surface area (Å²) >= 11 is 0. The van der Waals surface area contributed by atoms with Crippen molar-refractivity contribution in [1.82, 2.24) is 29.1 Å². The second-order valence-electron chi connectivity index (χ2n) is 17.2. The number of hydrogen-bond acceptors (Lipinski definition) is 14. The van der Waals surface area contributed by atoms with E-state index in [2.05, 4.69) is 44.4 Å². The standard InChI is InChI=1S/C27H26N4O2.C15H12N2O2.C7H10N2O2.C6H8O2.CO2/c1-3-19-26-18(15-28-19)24(25-21(29-26)11-7-13-23(25)32)16-8-6-9-17(14-16)33-27-30-20-10-4-5-12-22(20)31(27)2;1-17-14-8-3-2-7-13(14)16-15(17)19-12-6-4-5-11(9-12)10-18;1-2-11-7(10)6-5(8)3-4-9-6;7-5-2-1-3-6(8)4-5;2-1-3/h4-6,8-10,12,14-15,24,28-29H,3,7,11,13H2,1-2H3;2-10H,1H3;3-4,9H,2,8H2,1H3;1-4H2;. The number of H-pyrrole nitrogens is 2. The number of esters is 1. The first kappa shape index (κ1) is 52.7. The van der Waals surface area contributed by atoms with E-state index < -0.39 is 5.97 Å². The highest BCUT2D eigenvalue weighted by Crippen LogP contribution is 2.47. The maximum Gasteiger partial charge on any atom is 0.373 e. The zero-order valence-electron chi connectivity index (χ0n) is 41.4. The number of anilines is 2. The molecule has 1 aliphatic heterocycles. The fourth-order valence-electron chi connectivity index (χ4n) is 8.81. The Labute approximate surface area is 425 Å². The summed E-state index contributed by atoms with van der Waals surface area (Å²) < 4.78 is 20.5. The molecule has 0 radical (unpaired) electrons. The molecular formula is C56H56N8O10. The molecule has 2 aliphatic carbocycles. The first-order valence-electron chi connectivity index (χ1n) is 24.1. The fraction of sp³-hybridized carbons (Fsp3) is 0.250. The van der Waals surface area contributed by atoms with Crippen LogP contribution in [0, 0.1) is 0 Å². The monoisotopic (exact) mass is 1000 g/mol. The van der Waals surface area contributed by atoms with Crippen LogP contribution in [0.5, 0.6) is 23.5 Å². The number of fused-ring (bicyclic) bond motifs is 3. The Morgan fingerprint density at radius 2 is 1.36 bits per heavy atom. The Morgan fingerprint density at radius 1 is 0.770 bits per heavy atom. The molecule has 5 N–H and O–H groups in total. The van der Waals surface area contributed by atoms with Gasteiger partial charge in [-0.1, -0.05) is 55.5 Å². The molecule has 3 aliphatic rings. The van der Waals surface area contributed by atoms with Gasteiger partial charge in [0.25, 0.3) is 0 Å². The van der Waals surface area contributed by atoms with Crippen LogP contribution >= 0.6 is 0 Å². The number of aryl methyl sites for hydroxylation is 3. The van der Waals surface area contributed by atoms with Gasteiger partial charge in [-0.2, -0.15) is 19.6 Å². The van der Waals surface area contributed by atoms with Gasteiger partial charge in [0.2, 0.25) is 0 Å². The third kappa shape index (κ3) is 12.5. The number of nitrogen functional groups attached to an aromatic ring is 1.